The van der Waals surface area contributed by atoms with Crippen molar-refractivity contribution in [3.05, 3.63) is 12.2 Å². The summed E-state index contributed by atoms with van der Waals surface area (Å²) in [4.78, 5) is 2.18. The summed E-state index contributed by atoms with van der Waals surface area (Å²) in [6.07, 6.45) is 25.1. The van der Waals surface area contributed by atoms with Crippen LogP contribution < -0.4 is 5.73 Å². The van der Waals surface area contributed by atoms with Gasteiger partial charge in [0, 0.05) is 0 Å². The summed E-state index contributed by atoms with van der Waals surface area (Å²) in [5.74, 6) is 0. The van der Waals surface area contributed by atoms with Gasteiger partial charge in [0.15, 0.2) is 0 Å². The van der Waals surface area contributed by atoms with Gasteiger partial charge in [-0.1, -0.05) is 83.8 Å². The van der Waals surface area contributed by atoms with E-state index >= 15 is 0 Å². The Bertz CT molecular complexity index is 236. The van der Waals surface area contributed by atoms with E-state index < -0.39 is 0 Å². The molecule has 0 heterocycles. The molecule has 0 aliphatic carbocycles. The number of hydrogen-bond donors (Lipinski definition) is 1. The number of allylic oxidation sites excluding steroid dienone is 2. The van der Waals surface area contributed by atoms with Crippen molar-refractivity contribution < 1.29 is 0 Å². The molecule has 0 unspecified atom stereocenters. The molecule has 0 bridgehead atoms. The summed E-state index contributed by atoms with van der Waals surface area (Å²) < 4.78 is 0. The van der Waals surface area contributed by atoms with Crippen LogP contribution in [0.15, 0.2) is 12.2 Å². The molecular formula is C23H50N2. The van der Waals surface area contributed by atoms with E-state index in [1.165, 1.54) is 103 Å². The molecule has 0 amide bonds. The molecule has 0 aromatic heterocycles. The summed E-state index contributed by atoms with van der Waals surface area (Å²) in [5.41, 5.74) is 5.47. The third kappa shape index (κ3) is 31.9. The Hall–Kier alpha value is -0.340. The first kappa shape index (κ1) is 26.9. The molecule has 152 valence electrons. The van der Waals surface area contributed by atoms with Crippen molar-refractivity contribution in [2.45, 2.75) is 110 Å². The number of nitrogens with zero attached hydrogens (tertiary/aromatic N) is 1. The average Bonchev–Trinajstić information content (AvgIpc) is 2.59. The molecule has 0 radical (unpaired) electrons. The van der Waals surface area contributed by atoms with Crippen molar-refractivity contribution in [3.8, 4) is 0 Å². The van der Waals surface area contributed by atoms with Gasteiger partial charge in [0.2, 0.25) is 0 Å². The third-order valence-corrected chi connectivity index (χ3v) is 4.39. The zero-order chi connectivity index (χ0) is 19.0. The van der Waals surface area contributed by atoms with Crippen molar-refractivity contribution in [1.82, 2.24) is 4.90 Å². The van der Waals surface area contributed by atoms with Crippen LogP contribution in [0.2, 0.25) is 0 Å². The molecule has 0 aromatic rings. The largest absolute Gasteiger partial charge is 0.330 e. The van der Waals surface area contributed by atoms with E-state index in [1.807, 2.05) is 0 Å². The fourth-order valence-corrected chi connectivity index (χ4v) is 2.84. The van der Waals surface area contributed by atoms with Gasteiger partial charge >= 0.3 is 0 Å². The van der Waals surface area contributed by atoms with E-state index in [0.29, 0.717) is 0 Å². The van der Waals surface area contributed by atoms with Crippen LogP contribution in [0.25, 0.3) is 0 Å². The maximum absolute atomic E-state index is 5.47. The van der Waals surface area contributed by atoms with Crippen LogP contribution in [0.4, 0.5) is 0 Å². The molecule has 0 aromatic carbocycles. The van der Waals surface area contributed by atoms with Crippen molar-refractivity contribution in [2.75, 3.05) is 27.2 Å². The Labute approximate surface area is 160 Å². The van der Waals surface area contributed by atoms with E-state index in [2.05, 4.69) is 45.0 Å². The van der Waals surface area contributed by atoms with Gasteiger partial charge in [-0.25, -0.2) is 0 Å². The van der Waals surface area contributed by atoms with E-state index in [4.69, 9.17) is 5.73 Å². The molecule has 25 heavy (non-hydrogen) atoms. The molecule has 0 aliphatic heterocycles. The molecule has 0 fully saturated rings. The third-order valence-electron chi connectivity index (χ3n) is 4.39. The van der Waals surface area contributed by atoms with Crippen molar-refractivity contribution in [2.24, 2.45) is 5.73 Å². The lowest BCUT2D eigenvalue weighted by molar-refractivity contribution is 0.408. The van der Waals surface area contributed by atoms with Gasteiger partial charge in [-0.15, -0.1) is 0 Å². The van der Waals surface area contributed by atoms with Crippen LogP contribution in [0, 0.1) is 0 Å². The summed E-state index contributed by atoms with van der Waals surface area (Å²) in [5, 5.41) is 0. The topological polar surface area (TPSA) is 29.3 Å². The highest BCUT2D eigenvalue weighted by Gasteiger charge is 1.90. The highest BCUT2D eigenvalue weighted by Crippen LogP contribution is 2.09. The van der Waals surface area contributed by atoms with E-state index in [9.17, 15) is 0 Å². The first-order chi connectivity index (χ1) is 12.2. The minimum Gasteiger partial charge on any atom is -0.330 e. The lowest BCUT2D eigenvalue weighted by Crippen LogP contribution is -2.11. The monoisotopic (exact) mass is 354 g/mol. The standard InChI is InChI=1S/C18H37N.C5H13N/c1-2-3-4-5-6-7-8-9-10-11-12-13-14-15-16-17-18-19;1-4-5-6(2)3/h9-10H,2-8,11-19H2,1H3;4-5H2,1-3H3. The lowest BCUT2D eigenvalue weighted by Gasteiger charge is -2.03. The van der Waals surface area contributed by atoms with E-state index in [0.717, 1.165) is 6.54 Å². The Kier molecular flexibility index (Phi) is 27.8. The lowest BCUT2D eigenvalue weighted by atomic mass is 10.1. The Morgan fingerprint density at radius 1 is 0.600 bits per heavy atom. The zero-order valence-electron chi connectivity index (χ0n) is 18.2. The summed E-state index contributed by atoms with van der Waals surface area (Å²) in [7, 11) is 4.17. The quantitative estimate of drug-likeness (QED) is 0.226. The molecule has 0 saturated heterocycles. The Morgan fingerprint density at radius 3 is 1.40 bits per heavy atom. The van der Waals surface area contributed by atoms with Gasteiger partial charge in [0.05, 0.1) is 0 Å². The van der Waals surface area contributed by atoms with Gasteiger partial charge in [-0.3, -0.25) is 0 Å². The molecule has 2 nitrogen and oxygen atoms in total. The van der Waals surface area contributed by atoms with Gasteiger partial charge in [0.25, 0.3) is 0 Å². The second-order valence-electron chi connectivity index (χ2n) is 7.53. The van der Waals surface area contributed by atoms with Gasteiger partial charge in [-0.2, -0.15) is 0 Å². The van der Waals surface area contributed by atoms with Crippen LogP contribution in [0.3, 0.4) is 0 Å². The number of unbranched alkanes of at least 4 members (excludes halogenated alkanes) is 12. The van der Waals surface area contributed by atoms with Crippen LogP contribution in [-0.2, 0) is 0 Å². The van der Waals surface area contributed by atoms with E-state index in [1.54, 1.807) is 0 Å². The summed E-state index contributed by atoms with van der Waals surface area (Å²) in [6.45, 7) is 6.53. The molecule has 0 rings (SSSR count). The first-order valence-electron chi connectivity index (χ1n) is 11.2. The highest BCUT2D eigenvalue weighted by molar-refractivity contribution is 4.81. The fourth-order valence-electron chi connectivity index (χ4n) is 2.84. The second-order valence-corrected chi connectivity index (χ2v) is 7.53. The maximum Gasteiger partial charge on any atom is -0.00275 e. The van der Waals surface area contributed by atoms with Crippen LogP contribution in [0.5, 0.6) is 0 Å². The molecule has 0 spiro atoms. The minimum atomic E-state index is 0.862. The maximum atomic E-state index is 5.47. The summed E-state index contributed by atoms with van der Waals surface area (Å²) >= 11 is 0. The molecular weight excluding hydrogens is 304 g/mol. The van der Waals surface area contributed by atoms with Crippen LogP contribution >= 0.6 is 0 Å². The van der Waals surface area contributed by atoms with Crippen LogP contribution in [0.1, 0.15) is 110 Å². The van der Waals surface area contributed by atoms with Crippen molar-refractivity contribution >= 4 is 0 Å². The fraction of sp³-hybridized carbons (Fsp3) is 0.913. The minimum absolute atomic E-state index is 0.862. The predicted octanol–water partition coefficient (Wildman–Crippen LogP) is 6.94. The zero-order valence-corrected chi connectivity index (χ0v) is 18.2. The average molecular weight is 355 g/mol. The molecule has 2 heteroatoms. The molecule has 2 N–H and O–H groups in total. The molecule has 0 aliphatic rings. The molecule has 0 saturated carbocycles. The number of nitrogens with two attached hydrogens (primary N) is 1. The van der Waals surface area contributed by atoms with E-state index in [-0.39, 0.29) is 0 Å². The van der Waals surface area contributed by atoms with Gasteiger partial charge < -0.3 is 10.6 Å². The Morgan fingerprint density at radius 2 is 1.04 bits per heavy atom. The van der Waals surface area contributed by atoms with Crippen LogP contribution in [-0.4, -0.2) is 32.1 Å². The van der Waals surface area contributed by atoms with Crippen molar-refractivity contribution in [3.63, 3.8) is 0 Å². The molecule has 0 atom stereocenters. The highest BCUT2D eigenvalue weighted by atomic mass is 15.0. The second kappa shape index (κ2) is 25.9. The Balaban J connectivity index is 0. The number of hydrogen-bond acceptors (Lipinski definition) is 2. The van der Waals surface area contributed by atoms with Crippen molar-refractivity contribution in [1.29, 1.82) is 0 Å². The number of rotatable bonds is 17. The SMILES string of the molecule is CCCCCCCCC=CCCCCCCCCN.CCCN(C)C. The summed E-state index contributed by atoms with van der Waals surface area (Å²) in [6, 6.07) is 0. The smallest absolute Gasteiger partial charge is 0.00275 e. The predicted molar refractivity (Wildman–Crippen MR) is 117 cm³/mol. The normalized spacial score (nSPS) is 11.1. The van der Waals surface area contributed by atoms with Gasteiger partial charge in [-0.05, 0) is 65.7 Å². The van der Waals surface area contributed by atoms with Gasteiger partial charge in [0.1, 0.15) is 0 Å². The first-order valence-corrected chi connectivity index (χ1v) is 11.2.